The lowest BCUT2D eigenvalue weighted by Crippen LogP contribution is -2.11. The Morgan fingerprint density at radius 2 is 2.18 bits per heavy atom. The molecule has 0 aliphatic carbocycles. The van der Waals surface area contributed by atoms with Crippen LogP contribution in [0.3, 0.4) is 0 Å². The van der Waals surface area contributed by atoms with Crippen LogP contribution in [-0.2, 0) is 6.54 Å². The van der Waals surface area contributed by atoms with E-state index in [1.807, 2.05) is 12.3 Å². The van der Waals surface area contributed by atoms with Crippen molar-refractivity contribution in [3.8, 4) is 0 Å². The number of nitrogens with zero attached hydrogens (tertiary/aromatic N) is 1. The van der Waals surface area contributed by atoms with Crippen LogP contribution < -0.4 is 5.32 Å². The Morgan fingerprint density at radius 1 is 1.27 bits per heavy atom. The monoisotopic (exact) mass is 146 g/mol. The van der Waals surface area contributed by atoms with Gasteiger partial charge in [0.1, 0.15) is 0 Å². The Labute approximate surface area is 66.0 Å². The van der Waals surface area contributed by atoms with Crippen LogP contribution >= 0.6 is 0 Å². The number of nitrogens with one attached hydrogen (secondary N) is 1. The fraction of sp³-hybridized carbons (Fsp3) is 0.222. The SMILES string of the molecule is C1=NCNCc2ccccc21. The van der Waals surface area contributed by atoms with Gasteiger partial charge in [0.05, 0.1) is 6.67 Å². The van der Waals surface area contributed by atoms with Crippen LogP contribution in [-0.4, -0.2) is 12.9 Å². The second-order valence-corrected chi connectivity index (χ2v) is 2.60. The van der Waals surface area contributed by atoms with Gasteiger partial charge in [-0.15, -0.1) is 0 Å². The van der Waals surface area contributed by atoms with Crippen molar-refractivity contribution >= 4 is 6.21 Å². The third-order valence-corrected chi connectivity index (χ3v) is 1.80. The smallest absolute Gasteiger partial charge is 0.0887 e. The topological polar surface area (TPSA) is 24.4 Å². The average molecular weight is 146 g/mol. The van der Waals surface area contributed by atoms with E-state index in [2.05, 4.69) is 28.5 Å². The van der Waals surface area contributed by atoms with E-state index in [-0.39, 0.29) is 0 Å². The van der Waals surface area contributed by atoms with Crippen molar-refractivity contribution in [1.82, 2.24) is 5.32 Å². The van der Waals surface area contributed by atoms with Crippen LogP contribution in [0.25, 0.3) is 0 Å². The molecule has 1 aromatic rings. The first-order valence-corrected chi connectivity index (χ1v) is 3.75. The molecule has 2 rings (SSSR count). The highest BCUT2D eigenvalue weighted by molar-refractivity contribution is 5.81. The van der Waals surface area contributed by atoms with Crippen molar-refractivity contribution in [2.24, 2.45) is 4.99 Å². The normalized spacial score (nSPS) is 15.6. The first-order valence-electron chi connectivity index (χ1n) is 3.75. The van der Waals surface area contributed by atoms with Gasteiger partial charge in [0.25, 0.3) is 0 Å². The number of aliphatic imine (C=N–C) groups is 1. The molecule has 1 heterocycles. The highest BCUT2D eigenvalue weighted by Gasteiger charge is 2.00. The molecule has 0 bridgehead atoms. The molecule has 0 radical (unpaired) electrons. The van der Waals surface area contributed by atoms with Gasteiger partial charge in [-0.05, 0) is 11.1 Å². The first kappa shape index (κ1) is 6.55. The molecule has 0 saturated heterocycles. The van der Waals surface area contributed by atoms with Crippen molar-refractivity contribution in [1.29, 1.82) is 0 Å². The highest BCUT2D eigenvalue weighted by atomic mass is 15.0. The van der Waals surface area contributed by atoms with Crippen LogP contribution in [0.1, 0.15) is 11.1 Å². The molecule has 0 aromatic heterocycles. The Balaban J connectivity index is 2.45. The van der Waals surface area contributed by atoms with Crippen molar-refractivity contribution in [2.45, 2.75) is 6.54 Å². The minimum absolute atomic E-state index is 0.731. The van der Waals surface area contributed by atoms with E-state index in [0.29, 0.717) is 0 Å². The zero-order valence-corrected chi connectivity index (χ0v) is 6.25. The van der Waals surface area contributed by atoms with Gasteiger partial charge in [-0.25, -0.2) is 0 Å². The fourth-order valence-electron chi connectivity index (χ4n) is 1.22. The lowest BCUT2D eigenvalue weighted by atomic mass is 10.1. The first-order chi connectivity index (χ1) is 5.47. The van der Waals surface area contributed by atoms with Gasteiger partial charge in [-0.1, -0.05) is 24.3 Å². The third kappa shape index (κ3) is 1.30. The van der Waals surface area contributed by atoms with Crippen molar-refractivity contribution in [2.75, 3.05) is 6.67 Å². The van der Waals surface area contributed by atoms with Crippen LogP contribution in [0.5, 0.6) is 0 Å². The number of hydrogen-bond acceptors (Lipinski definition) is 2. The fourth-order valence-corrected chi connectivity index (χ4v) is 1.22. The number of benzene rings is 1. The summed E-state index contributed by atoms with van der Waals surface area (Å²) in [5, 5.41) is 3.21. The summed E-state index contributed by atoms with van der Waals surface area (Å²) in [7, 11) is 0. The minimum Gasteiger partial charge on any atom is -0.294 e. The van der Waals surface area contributed by atoms with Crippen molar-refractivity contribution in [3.63, 3.8) is 0 Å². The zero-order chi connectivity index (χ0) is 7.52. The summed E-state index contributed by atoms with van der Waals surface area (Å²) in [5.41, 5.74) is 2.56. The van der Waals surface area contributed by atoms with Gasteiger partial charge >= 0.3 is 0 Å². The second kappa shape index (κ2) is 2.84. The van der Waals surface area contributed by atoms with E-state index in [4.69, 9.17) is 0 Å². The molecule has 0 spiro atoms. The summed E-state index contributed by atoms with van der Waals surface area (Å²) in [4.78, 5) is 4.18. The molecular weight excluding hydrogens is 136 g/mol. The van der Waals surface area contributed by atoms with Gasteiger partial charge in [0.15, 0.2) is 0 Å². The van der Waals surface area contributed by atoms with E-state index in [1.54, 1.807) is 0 Å². The highest BCUT2D eigenvalue weighted by Crippen LogP contribution is 2.07. The van der Waals surface area contributed by atoms with E-state index < -0.39 is 0 Å². The third-order valence-electron chi connectivity index (χ3n) is 1.80. The molecule has 0 amide bonds. The van der Waals surface area contributed by atoms with Crippen molar-refractivity contribution in [3.05, 3.63) is 35.4 Å². The van der Waals surface area contributed by atoms with Gasteiger partial charge in [0, 0.05) is 12.8 Å². The van der Waals surface area contributed by atoms with Crippen LogP contribution in [0.4, 0.5) is 0 Å². The Morgan fingerprint density at radius 3 is 3.18 bits per heavy atom. The molecule has 56 valence electrons. The molecule has 0 atom stereocenters. The standard InChI is InChI=1S/C9H10N2/c1-2-4-9-6-11-7-10-5-8(9)3-1/h1-5,11H,6-7H2. The molecule has 2 heteroatoms. The van der Waals surface area contributed by atoms with Gasteiger partial charge in [-0.3, -0.25) is 10.3 Å². The Bertz CT molecular complexity index is 279. The molecule has 2 nitrogen and oxygen atoms in total. The summed E-state index contributed by atoms with van der Waals surface area (Å²) >= 11 is 0. The number of hydrogen-bond donors (Lipinski definition) is 1. The zero-order valence-electron chi connectivity index (χ0n) is 6.25. The molecule has 0 unspecified atom stereocenters. The van der Waals surface area contributed by atoms with Crippen LogP contribution in [0.2, 0.25) is 0 Å². The Hall–Kier alpha value is -1.15. The predicted octanol–water partition coefficient (Wildman–Crippen LogP) is 1.17. The second-order valence-electron chi connectivity index (χ2n) is 2.60. The van der Waals surface area contributed by atoms with Gasteiger partial charge < -0.3 is 0 Å². The maximum absolute atomic E-state index is 4.18. The van der Waals surface area contributed by atoms with E-state index in [1.165, 1.54) is 11.1 Å². The average Bonchev–Trinajstić information content (AvgIpc) is 2.28. The molecule has 1 aliphatic heterocycles. The maximum atomic E-state index is 4.18. The lowest BCUT2D eigenvalue weighted by molar-refractivity contribution is 0.719. The predicted molar refractivity (Wildman–Crippen MR) is 45.7 cm³/mol. The van der Waals surface area contributed by atoms with Gasteiger partial charge in [-0.2, -0.15) is 0 Å². The molecule has 11 heavy (non-hydrogen) atoms. The number of fused-ring (bicyclic) bond motifs is 1. The molecular formula is C9H10N2. The van der Waals surface area contributed by atoms with Crippen LogP contribution in [0.15, 0.2) is 29.3 Å². The summed E-state index contributed by atoms with van der Waals surface area (Å²) in [6.45, 7) is 1.66. The maximum Gasteiger partial charge on any atom is 0.0887 e. The number of rotatable bonds is 0. The molecule has 1 aromatic carbocycles. The minimum atomic E-state index is 0.731. The lowest BCUT2D eigenvalue weighted by Gasteiger charge is -2.00. The molecule has 1 N–H and O–H groups in total. The van der Waals surface area contributed by atoms with Crippen molar-refractivity contribution < 1.29 is 0 Å². The largest absolute Gasteiger partial charge is 0.294 e. The molecule has 0 saturated carbocycles. The Kier molecular flexibility index (Phi) is 1.69. The quantitative estimate of drug-likeness (QED) is 0.583. The molecule has 1 aliphatic rings. The summed E-state index contributed by atoms with van der Waals surface area (Å²) in [5.74, 6) is 0. The van der Waals surface area contributed by atoms with E-state index in [9.17, 15) is 0 Å². The summed E-state index contributed by atoms with van der Waals surface area (Å²) < 4.78 is 0. The van der Waals surface area contributed by atoms with E-state index in [0.717, 1.165) is 13.2 Å². The molecule has 0 fully saturated rings. The summed E-state index contributed by atoms with van der Waals surface area (Å²) in [6, 6.07) is 8.31. The van der Waals surface area contributed by atoms with Gasteiger partial charge in [0.2, 0.25) is 0 Å². The van der Waals surface area contributed by atoms with E-state index >= 15 is 0 Å². The summed E-state index contributed by atoms with van der Waals surface area (Å²) in [6.07, 6.45) is 1.93. The van der Waals surface area contributed by atoms with Crippen LogP contribution in [0, 0.1) is 0 Å².